The number of hydrogen-bond donors (Lipinski definition) is 1. The van der Waals surface area contributed by atoms with Gasteiger partial charge in [0.15, 0.2) is 0 Å². The molecule has 1 aliphatic rings. The molecule has 0 aromatic carbocycles. The number of nitrogens with zero attached hydrogens (tertiary/aromatic N) is 3. The van der Waals surface area contributed by atoms with Gasteiger partial charge in [-0.2, -0.15) is 0 Å². The number of imidazole rings is 1. The molecule has 0 atom stereocenters. The van der Waals surface area contributed by atoms with Crippen molar-refractivity contribution in [1.29, 1.82) is 0 Å². The van der Waals surface area contributed by atoms with Crippen molar-refractivity contribution in [3.05, 3.63) is 34.3 Å². The van der Waals surface area contributed by atoms with E-state index < -0.39 is 0 Å². The third-order valence-corrected chi connectivity index (χ3v) is 3.90. The Hall–Kier alpha value is -1.69. The van der Waals surface area contributed by atoms with Gasteiger partial charge in [0.25, 0.3) is 5.91 Å². The SMILES string of the molecule is Cc1cnc(C2CC2)n1CCNC(=O)c1cscn1. The zero-order chi connectivity index (χ0) is 13.2. The predicted molar refractivity (Wildman–Crippen MR) is 73.4 cm³/mol. The van der Waals surface area contributed by atoms with Crippen LogP contribution in [-0.2, 0) is 6.54 Å². The van der Waals surface area contributed by atoms with Gasteiger partial charge in [-0.3, -0.25) is 4.79 Å². The van der Waals surface area contributed by atoms with Gasteiger partial charge in [-0.1, -0.05) is 0 Å². The third-order valence-electron chi connectivity index (χ3n) is 3.31. The van der Waals surface area contributed by atoms with Crippen LogP contribution in [-0.4, -0.2) is 27.0 Å². The summed E-state index contributed by atoms with van der Waals surface area (Å²) in [5, 5.41) is 4.65. The molecule has 5 nitrogen and oxygen atoms in total. The van der Waals surface area contributed by atoms with E-state index in [4.69, 9.17) is 0 Å². The lowest BCUT2D eigenvalue weighted by Crippen LogP contribution is -2.28. The molecule has 1 N–H and O–H groups in total. The largest absolute Gasteiger partial charge is 0.349 e. The number of hydrogen-bond acceptors (Lipinski definition) is 4. The van der Waals surface area contributed by atoms with Gasteiger partial charge in [-0.25, -0.2) is 9.97 Å². The van der Waals surface area contributed by atoms with Crippen molar-refractivity contribution in [1.82, 2.24) is 19.9 Å². The van der Waals surface area contributed by atoms with Crippen molar-refractivity contribution in [2.75, 3.05) is 6.54 Å². The van der Waals surface area contributed by atoms with E-state index in [2.05, 4.69) is 26.8 Å². The average Bonchev–Trinajstić information content (AvgIpc) is 2.97. The highest BCUT2D eigenvalue weighted by molar-refractivity contribution is 7.07. The van der Waals surface area contributed by atoms with Crippen molar-refractivity contribution in [3.8, 4) is 0 Å². The molecular weight excluding hydrogens is 260 g/mol. The van der Waals surface area contributed by atoms with Crippen LogP contribution in [0.15, 0.2) is 17.1 Å². The Labute approximate surface area is 115 Å². The van der Waals surface area contributed by atoms with Crippen molar-refractivity contribution in [2.45, 2.75) is 32.2 Å². The average molecular weight is 276 g/mol. The molecule has 0 radical (unpaired) electrons. The van der Waals surface area contributed by atoms with E-state index in [-0.39, 0.29) is 5.91 Å². The minimum absolute atomic E-state index is 0.105. The maximum atomic E-state index is 11.8. The van der Waals surface area contributed by atoms with Crippen molar-refractivity contribution in [2.24, 2.45) is 0 Å². The molecule has 2 aromatic heterocycles. The number of rotatable bonds is 5. The van der Waals surface area contributed by atoms with Gasteiger partial charge in [0.05, 0.1) is 5.51 Å². The highest BCUT2D eigenvalue weighted by atomic mass is 32.1. The van der Waals surface area contributed by atoms with E-state index in [0.717, 1.165) is 12.2 Å². The number of carbonyl (C=O) groups is 1. The van der Waals surface area contributed by atoms with Crippen LogP contribution in [0.1, 0.15) is 40.8 Å². The molecule has 100 valence electrons. The zero-order valence-corrected chi connectivity index (χ0v) is 11.6. The van der Waals surface area contributed by atoms with Crippen molar-refractivity contribution < 1.29 is 4.79 Å². The summed E-state index contributed by atoms with van der Waals surface area (Å²) in [6, 6.07) is 0. The minimum atomic E-state index is -0.105. The highest BCUT2D eigenvalue weighted by Crippen LogP contribution is 2.39. The second kappa shape index (κ2) is 5.13. The number of nitrogens with one attached hydrogen (secondary N) is 1. The third kappa shape index (κ3) is 2.68. The second-order valence-corrected chi connectivity index (χ2v) is 5.53. The van der Waals surface area contributed by atoms with Gasteiger partial charge in [0, 0.05) is 36.3 Å². The van der Waals surface area contributed by atoms with Gasteiger partial charge < -0.3 is 9.88 Å². The van der Waals surface area contributed by atoms with Crippen LogP contribution in [0.2, 0.25) is 0 Å². The molecule has 1 amide bonds. The summed E-state index contributed by atoms with van der Waals surface area (Å²) in [5.74, 6) is 1.69. The predicted octanol–water partition coefficient (Wildman–Crippen LogP) is 1.96. The van der Waals surface area contributed by atoms with Crippen LogP contribution in [0.5, 0.6) is 0 Å². The summed E-state index contributed by atoms with van der Waals surface area (Å²) in [5.41, 5.74) is 3.32. The van der Waals surface area contributed by atoms with E-state index in [1.807, 2.05) is 6.20 Å². The molecule has 0 spiro atoms. The fourth-order valence-electron chi connectivity index (χ4n) is 2.13. The van der Waals surface area contributed by atoms with E-state index in [1.54, 1.807) is 10.9 Å². The van der Waals surface area contributed by atoms with E-state index in [1.165, 1.54) is 30.0 Å². The van der Waals surface area contributed by atoms with Crippen molar-refractivity contribution >= 4 is 17.2 Å². The summed E-state index contributed by atoms with van der Waals surface area (Å²) in [7, 11) is 0. The molecule has 1 aliphatic carbocycles. The number of thiazole rings is 1. The lowest BCUT2D eigenvalue weighted by atomic mass is 10.3. The van der Waals surface area contributed by atoms with Gasteiger partial charge in [-0.05, 0) is 19.8 Å². The molecule has 1 fully saturated rings. The Kier molecular flexibility index (Phi) is 3.33. The minimum Gasteiger partial charge on any atom is -0.349 e. The highest BCUT2D eigenvalue weighted by Gasteiger charge is 2.28. The van der Waals surface area contributed by atoms with Crippen LogP contribution < -0.4 is 5.32 Å². The lowest BCUT2D eigenvalue weighted by molar-refractivity contribution is 0.0948. The summed E-state index contributed by atoms with van der Waals surface area (Å²) in [6.45, 7) is 3.43. The molecule has 0 saturated heterocycles. The number of aryl methyl sites for hydroxylation is 1. The maximum absolute atomic E-state index is 11.8. The summed E-state index contributed by atoms with van der Waals surface area (Å²) >= 11 is 1.43. The molecule has 19 heavy (non-hydrogen) atoms. The first kappa shape index (κ1) is 12.3. The maximum Gasteiger partial charge on any atom is 0.270 e. The van der Waals surface area contributed by atoms with Gasteiger partial charge in [0.1, 0.15) is 11.5 Å². The first-order chi connectivity index (χ1) is 9.25. The molecule has 2 aromatic rings. The summed E-state index contributed by atoms with van der Waals surface area (Å²) in [6.07, 6.45) is 4.39. The smallest absolute Gasteiger partial charge is 0.270 e. The fraction of sp³-hybridized carbons (Fsp3) is 0.462. The Morgan fingerprint density at radius 1 is 1.53 bits per heavy atom. The quantitative estimate of drug-likeness (QED) is 0.908. The Morgan fingerprint density at radius 2 is 2.37 bits per heavy atom. The fourth-order valence-corrected chi connectivity index (χ4v) is 2.67. The first-order valence-electron chi connectivity index (χ1n) is 6.44. The first-order valence-corrected chi connectivity index (χ1v) is 7.38. The zero-order valence-electron chi connectivity index (χ0n) is 10.8. The van der Waals surface area contributed by atoms with Crippen LogP contribution in [0.3, 0.4) is 0 Å². The molecule has 3 rings (SSSR count). The number of carbonyl (C=O) groups excluding carboxylic acids is 1. The van der Waals surface area contributed by atoms with Gasteiger partial charge >= 0.3 is 0 Å². The van der Waals surface area contributed by atoms with Crippen LogP contribution in [0, 0.1) is 6.92 Å². The molecule has 0 bridgehead atoms. The van der Waals surface area contributed by atoms with Crippen LogP contribution >= 0.6 is 11.3 Å². The van der Waals surface area contributed by atoms with Crippen LogP contribution in [0.25, 0.3) is 0 Å². The van der Waals surface area contributed by atoms with Gasteiger partial charge in [-0.15, -0.1) is 11.3 Å². The van der Waals surface area contributed by atoms with E-state index in [0.29, 0.717) is 18.2 Å². The molecule has 6 heteroatoms. The Balaban J connectivity index is 1.58. The second-order valence-electron chi connectivity index (χ2n) is 4.81. The standard InChI is InChI=1S/C13H16N4OS/c1-9-6-15-12(10-2-3-10)17(9)5-4-14-13(18)11-7-19-8-16-11/h6-8,10H,2-5H2,1H3,(H,14,18). The lowest BCUT2D eigenvalue weighted by Gasteiger charge is -2.10. The number of amides is 1. The van der Waals surface area contributed by atoms with Crippen molar-refractivity contribution in [3.63, 3.8) is 0 Å². The Bertz CT molecular complexity index is 571. The Morgan fingerprint density at radius 3 is 3.05 bits per heavy atom. The normalized spacial score (nSPS) is 14.6. The van der Waals surface area contributed by atoms with Gasteiger partial charge in [0.2, 0.25) is 0 Å². The van der Waals surface area contributed by atoms with E-state index in [9.17, 15) is 4.79 Å². The van der Waals surface area contributed by atoms with Crippen LogP contribution in [0.4, 0.5) is 0 Å². The monoisotopic (exact) mass is 276 g/mol. The summed E-state index contributed by atoms with van der Waals surface area (Å²) in [4.78, 5) is 20.2. The molecule has 0 unspecified atom stereocenters. The molecule has 1 saturated carbocycles. The topological polar surface area (TPSA) is 59.8 Å². The number of aromatic nitrogens is 3. The summed E-state index contributed by atoms with van der Waals surface area (Å²) < 4.78 is 2.21. The molecular formula is C13H16N4OS. The molecule has 2 heterocycles. The molecule has 0 aliphatic heterocycles. The van der Waals surface area contributed by atoms with E-state index >= 15 is 0 Å².